The molecule has 30 heavy (non-hydrogen) atoms. The number of carbonyl (C=O) groups excluding carboxylic acids is 2. The summed E-state index contributed by atoms with van der Waals surface area (Å²) >= 11 is 0. The Labute approximate surface area is 178 Å². The molecule has 6 heteroatoms. The summed E-state index contributed by atoms with van der Waals surface area (Å²) in [5.74, 6) is 2.45. The highest BCUT2D eigenvalue weighted by atomic mass is 16.5. The summed E-state index contributed by atoms with van der Waals surface area (Å²) in [5, 5.41) is 0. The summed E-state index contributed by atoms with van der Waals surface area (Å²) in [7, 11) is 1.55. The number of hydrogen-bond donors (Lipinski definition) is 0. The number of aldehydes is 2. The van der Waals surface area contributed by atoms with Gasteiger partial charge in [-0.2, -0.15) is 0 Å². The fraction of sp³-hybridized carbons (Fsp3) is 0.417. The summed E-state index contributed by atoms with van der Waals surface area (Å²) in [4.78, 5) is 21.8. The number of rotatable bonds is 15. The van der Waals surface area contributed by atoms with E-state index in [2.05, 4.69) is 6.92 Å². The van der Waals surface area contributed by atoms with Crippen LogP contribution in [0.15, 0.2) is 36.4 Å². The van der Waals surface area contributed by atoms with Gasteiger partial charge in [-0.3, -0.25) is 9.59 Å². The summed E-state index contributed by atoms with van der Waals surface area (Å²) in [6.07, 6.45) is 6.25. The van der Waals surface area contributed by atoms with Gasteiger partial charge in [-0.25, -0.2) is 0 Å². The first-order chi connectivity index (χ1) is 14.7. The van der Waals surface area contributed by atoms with Crippen LogP contribution in [0, 0.1) is 0 Å². The van der Waals surface area contributed by atoms with Crippen molar-refractivity contribution in [3.05, 3.63) is 47.5 Å². The molecule has 0 unspecified atom stereocenters. The van der Waals surface area contributed by atoms with Crippen LogP contribution in [0.4, 0.5) is 0 Å². The standard InChI is InChI=1S/C24H30O6/c1-3-4-12-30-24-16-20(18-26)9-11-22(24)29-14-7-5-6-13-28-21-10-8-19(17-25)15-23(21)27-2/h8-11,15-18H,3-7,12-14H2,1-2H3. The maximum atomic E-state index is 11.0. The van der Waals surface area contributed by atoms with E-state index >= 15 is 0 Å². The lowest BCUT2D eigenvalue weighted by Crippen LogP contribution is -2.04. The Morgan fingerprint density at radius 1 is 0.667 bits per heavy atom. The average molecular weight is 414 g/mol. The number of carbonyl (C=O) groups is 2. The topological polar surface area (TPSA) is 71.1 Å². The summed E-state index contributed by atoms with van der Waals surface area (Å²) in [5.41, 5.74) is 1.12. The minimum atomic E-state index is 0.551. The van der Waals surface area contributed by atoms with E-state index in [4.69, 9.17) is 18.9 Å². The highest BCUT2D eigenvalue weighted by Crippen LogP contribution is 2.29. The molecule has 0 atom stereocenters. The second kappa shape index (κ2) is 13.2. The van der Waals surface area contributed by atoms with Crippen LogP contribution in [-0.4, -0.2) is 39.5 Å². The normalized spacial score (nSPS) is 10.3. The molecular weight excluding hydrogens is 384 g/mol. The van der Waals surface area contributed by atoms with Crippen molar-refractivity contribution in [2.24, 2.45) is 0 Å². The lowest BCUT2D eigenvalue weighted by molar-refractivity contribution is 0.111. The third-order valence-electron chi connectivity index (χ3n) is 4.49. The average Bonchev–Trinajstić information content (AvgIpc) is 2.79. The van der Waals surface area contributed by atoms with Crippen molar-refractivity contribution in [2.75, 3.05) is 26.9 Å². The van der Waals surface area contributed by atoms with Gasteiger partial charge in [0.25, 0.3) is 0 Å². The van der Waals surface area contributed by atoms with E-state index in [1.54, 1.807) is 43.5 Å². The summed E-state index contributed by atoms with van der Waals surface area (Å²) < 4.78 is 22.6. The molecule has 0 fully saturated rings. The second-order valence-corrected chi connectivity index (χ2v) is 6.81. The van der Waals surface area contributed by atoms with Gasteiger partial charge in [-0.1, -0.05) is 13.3 Å². The smallest absolute Gasteiger partial charge is 0.161 e. The van der Waals surface area contributed by atoms with Crippen LogP contribution < -0.4 is 18.9 Å². The number of ether oxygens (including phenoxy) is 4. The molecule has 0 spiro atoms. The van der Waals surface area contributed by atoms with Gasteiger partial charge in [0.2, 0.25) is 0 Å². The molecule has 2 aromatic rings. The molecule has 162 valence electrons. The Kier molecular flexibility index (Phi) is 10.3. The fourth-order valence-electron chi connectivity index (χ4n) is 2.78. The van der Waals surface area contributed by atoms with Crippen LogP contribution in [0.2, 0.25) is 0 Å². The van der Waals surface area contributed by atoms with Crippen molar-refractivity contribution < 1.29 is 28.5 Å². The van der Waals surface area contributed by atoms with Crippen molar-refractivity contribution in [2.45, 2.75) is 39.0 Å². The van der Waals surface area contributed by atoms with Gasteiger partial charge in [0.05, 0.1) is 26.9 Å². The first-order valence-corrected chi connectivity index (χ1v) is 10.3. The number of hydrogen-bond acceptors (Lipinski definition) is 6. The Bertz CT molecular complexity index is 802. The zero-order chi connectivity index (χ0) is 21.6. The monoisotopic (exact) mass is 414 g/mol. The van der Waals surface area contributed by atoms with E-state index < -0.39 is 0 Å². The molecule has 0 saturated carbocycles. The Balaban J connectivity index is 1.73. The van der Waals surface area contributed by atoms with E-state index in [0.29, 0.717) is 53.9 Å². The van der Waals surface area contributed by atoms with Gasteiger partial charge in [-0.05, 0) is 62.1 Å². The molecule has 0 bridgehead atoms. The van der Waals surface area contributed by atoms with Crippen LogP contribution >= 0.6 is 0 Å². The van der Waals surface area contributed by atoms with E-state index in [9.17, 15) is 9.59 Å². The van der Waals surface area contributed by atoms with E-state index in [1.807, 2.05) is 0 Å². The van der Waals surface area contributed by atoms with Gasteiger partial charge in [0, 0.05) is 11.1 Å². The van der Waals surface area contributed by atoms with Gasteiger partial charge < -0.3 is 18.9 Å². The lowest BCUT2D eigenvalue weighted by atomic mass is 10.2. The van der Waals surface area contributed by atoms with Gasteiger partial charge in [0.15, 0.2) is 23.0 Å². The summed E-state index contributed by atoms with van der Waals surface area (Å²) in [6, 6.07) is 10.3. The fourth-order valence-corrected chi connectivity index (χ4v) is 2.78. The van der Waals surface area contributed by atoms with Crippen LogP contribution in [0.1, 0.15) is 59.7 Å². The lowest BCUT2D eigenvalue weighted by Gasteiger charge is -2.13. The molecular formula is C24H30O6. The molecule has 0 aliphatic carbocycles. The second-order valence-electron chi connectivity index (χ2n) is 6.81. The third kappa shape index (κ3) is 7.43. The van der Waals surface area contributed by atoms with Crippen molar-refractivity contribution in [1.82, 2.24) is 0 Å². The molecule has 0 aliphatic rings. The minimum Gasteiger partial charge on any atom is -0.493 e. The first-order valence-electron chi connectivity index (χ1n) is 10.3. The highest BCUT2D eigenvalue weighted by Gasteiger charge is 2.08. The molecule has 0 heterocycles. The Morgan fingerprint density at radius 3 is 1.70 bits per heavy atom. The predicted molar refractivity (Wildman–Crippen MR) is 115 cm³/mol. The van der Waals surface area contributed by atoms with Gasteiger partial charge >= 0.3 is 0 Å². The molecule has 0 aromatic heterocycles. The summed E-state index contributed by atoms with van der Waals surface area (Å²) in [6.45, 7) is 3.81. The Morgan fingerprint density at radius 2 is 1.17 bits per heavy atom. The largest absolute Gasteiger partial charge is 0.493 e. The van der Waals surface area contributed by atoms with E-state index in [1.165, 1.54) is 0 Å². The van der Waals surface area contributed by atoms with E-state index in [-0.39, 0.29) is 0 Å². The molecule has 0 radical (unpaired) electrons. The van der Waals surface area contributed by atoms with Crippen LogP contribution in [0.5, 0.6) is 23.0 Å². The maximum Gasteiger partial charge on any atom is 0.161 e. The van der Waals surface area contributed by atoms with Crippen molar-refractivity contribution >= 4 is 12.6 Å². The van der Waals surface area contributed by atoms with Crippen molar-refractivity contribution in [1.29, 1.82) is 0 Å². The third-order valence-corrected chi connectivity index (χ3v) is 4.49. The number of unbranched alkanes of at least 4 members (excludes halogenated alkanes) is 3. The quantitative estimate of drug-likeness (QED) is 0.297. The molecule has 2 rings (SSSR count). The van der Waals surface area contributed by atoms with Gasteiger partial charge in [-0.15, -0.1) is 0 Å². The van der Waals surface area contributed by atoms with Crippen LogP contribution in [0.3, 0.4) is 0 Å². The van der Waals surface area contributed by atoms with Crippen molar-refractivity contribution in [3.8, 4) is 23.0 Å². The zero-order valence-corrected chi connectivity index (χ0v) is 17.7. The molecule has 0 amide bonds. The van der Waals surface area contributed by atoms with E-state index in [0.717, 1.165) is 44.7 Å². The molecule has 0 N–H and O–H groups in total. The van der Waals surface area contributed by atoms with Crippen molar-refractivity contribution in [3.63, 3.8) is 0 Å². The number of benzene rings is 2. The number of methoxy groups -OCH3 is 1. The Hall–Kier alpha value is -3.02. The molecule has 6 nitrogen and oxygen atoms in total. The predicted octanol–water partition coefficient (Wildman–Crippen LogP) is 5.13. The maximum absolute atomic E-state index is 11.0. The van der Waals surface area contributed by atoms with Gasteiger partial charge in [0.1, 0.15) is 12.6 Å². The first kappa shape index (κ1) is 23.3. The molecule has 2 aromatic carbocycles. The SMILES string of the molecule is CCCCOc1cc(C=O)ccc1OCCCCCOc1ccc(C=O)cc1OC. The van der Waals surface area contributed by atoms with Crippen LogP contribution in [0.25, 0.3) is 0 Å². The molecule has 0 aliphatic heterocycles. The minimum absolute atomic E-state index is 0.551. The van der Waals surface area contributed by atoms with Crippen LogP contribution in [-0.2, 0) is 0 Å². The molecule has 0 saturated heterocycles. The zero-order valence-electron chi connectivity index (χ0n) is 17.7. The highest BCUT2D eigenvalue weighted by molar-refractivity contribution is 5.76.